The summed E-state index contributed by atoms with van der Waals surface area (Å²) in [6.07, 6.45) is -0.482. The number of carbonyl (C=O) groups excluding carboxylic acids is 3. The van der Waals surface area contributed by atoms with Gasteiger partial charge in [0.15, 0.2) is 11.5 Å². The normalized spacial score (nSPS) is 19.9. The van der Waals surface area contributed by atoms with E-state index in [1.165, 1.54) is 4.90 Å². The number of nitrogens with zero attached hydrogens (tertiary/aromatic N) is 3. The first kappa shape index (κ1) is 21.1. The number of benzene rings is 2. The molecule has 3 aliphatic heterocycles. The number of para-hydroxylation sites is 4. The maximum absolute atomic E-state index is 13.0. The number of fused-ring (bicyclic) bond motifs is 2. The van der Waals surface area contributed by atoms with Gasteiger partial charge in [0.1, 0.15) is 18.9 Å². The molecule has 1 atom stereocenters. The first-order valence-electron chi connectivity index (χ1n) is 11.1. The van der Waals surface area contributed by atoms with Crippen LogP contribution in [0.3, 0.4) is 0 Å². The fraction of sp³-hybridized carbons (Fsp3) is 0.375. The Kier molecular flexibility index (Phi) is 5.77. The molecule has 3 amide bonds. The molecule has 1 unspecified atom stereocenters. The second-order valence-corrected chi connectivity index (χ2v) is 8.12. The molecule has 1 saturated heterocycles. The van der Waals surface area contributed by atoms with Crippen LogP contribution in [0.25, 0.3) is 0 Å². The van der Waals surface area contributed by atoms with E-state index in [0.717, 1.165) is 0 Å². The van der Waals surface area contributed by atoms with Crippen LogP contribution in [0.5, 0.6) is 17.2 Å². The van der Waals surface area contributed by atoms with E-state index in [1.54, 1.807) is 34.1 Å². The highest BCUT2D eigenvalue weighted by Crippen LogP contribution is 2.32. The molecule has 0 radical (unpaired) electrons. The van der Waals surface area contributed by atoms with Crippen LogP contribution in [0.4, 0.5) is 5.69 Å². The Morgan fingerprint density at radius 1 is 0.848 bits per heavy atom. The molecule has 3 heterocycles. The van der Waals surface area contributed by atoms with Crippen molar-refractivity contribution in [2.75, 3.05) is 50.8 Å². The number of piperazine rings is 1. The third-order valence-corrected chi connectivity index (χ3v) is 6.05. The Bertz CT molecular complexity index is 1070. The smallest absolute Gasteiger partial charge is 0.267 e. The average Bonchev–Trinajstić information content (AvgIpc) is 3.02. The van der Waals surface area contributed by atoms with Gasteiger partial charge in [-0.3, -0.25) is 19.3 Å². The van der Waals surface area contributed by atoms with E-state index in [0.29, 0.717) is 55.7 Å². The summed E-state index contributed by atoms with van der Waals surface area (Å²) in [6.45, 7) is 2.00. The minimum Gasteiger partial charge on any atom is -0.491 e. The largest absolute Gasteiger partial charge is 0.491 e. The highest BCUT2D eigenvalue weighted by atomic mass is 16.6. The van der Waals surface area contributed by atoms with Gasteiger partial charge in [-0.25, -0.2) is 0 Å². The summed E-state index contributed by atoms with van der Waals surface area (Å²) < 4.78 is 17.1. The maximum atomic E-state index is 13.0. The molecule has 3 aliphatic rings. The van der Waals surface area contributed by atoms with E-state index in [9.17, 15) is 14.4 Å². The summed E-state index contributed by atoms with van der Waals surface area (Å²) >= 11 is 0. The Morgan fingerprint density at radius 2 is 1.52 bits per heavy atom. The lowest BCUT2D eigenvalue weighted by atomic mass is 10.2. The van der Waals surface area contributed by atoms with Gasteiger partial charge in [-0.05, 0) is 24.3 Å². The quantitative estimate of drug-likeness (QED) is 0.699. The maximum Gasteiger partial charge on any atom is 0.267 e. The molecule has 2 aromatic carbocycles. The Labute approximate surface area is 191 Å². The summed E-state index contributed by atoms with van der Waals surface area (Å²) in [5, 5.41) is 0. The number of hydrogen-bond acceptors (Lipinski definition) is 6. The molecule has 0 bridgehead atoms. The minimum atomic E-state index is -0.701. The van der Waals surface area contributed by atoms with Gasteiger partial charge in [-0.2, -0.15) is 0 Å². The summed E-state index contributed by atoms with van der Waals surface area (Å²) in [5.41, 5.74) is 0.608. The molecule has 0 saturated carbocycles. The number of amides is 3. The molecular weight excluding hydrogens is 426 g/mol. The molecule has 9 heteroatoms. The zero-order valence-electron chi connectivity index (χ0n) is 18.1. The second-order valence-electron chi connectivity index (χ2n) is 8.12. The fourth-order valence-corrected chi connectivity index (χ4v) is 4.25. The van der Waals surface area contributed by atoms with Gasteiger partial charge in [0.05, 0.1) is 18.7 Å². The molecule has 9 nitrogen and oxygen atoms in total. The van der Waals surface area contributed by atoms with Crippen LogP contribution in [0.15, 0.2) is 48.5 Å². The number of hydrogen-bond donors (Lipinski definition) is 0. The van der Waals surface area contributed by atoms with Crippen LogP contribution in [0, 0.1) is 0 Å². The monoisotopic (exact) mass is 451 g/mol. The molecule has 5 rings (SSSR count). The number of anilines is 1. The molecule has 0 aliphatic carbocycles. The lowest BCUT2D eigenvalue weighted by molar-refractivity contribution is -0.146. The Balaban J connectivity index is 1.18. The van der Waals surface area contributed by atoms with Crippen LogP contribution < -0.4 is 19.1 Å². The van der Waals surface area contributed by atoms with Crippen molar-refractivity contribution >= 4 is 23.4 Å². The van der Waals surface area contributed by atoms with E-state index in [1.807, 2.05) is 24.3 Å². The zero-order valence-corrected chi connectivity index (χ0v) is 18.1. The summed E-state index contributed by atoms with van der Waals surface area (Å²) in [5.74, 6) is 1.35. The van der Waals surface area contributed by atoms with Crippen LogP contribution in [0.1, 0.15) is 6.42 Å². The predicted octanol–water partition coefficient (Wildman–Crippen LogP) is 1.31. The molecule has 0 aromatic heterocycles. The standard InChI is InChI=1S/C24H25N3O6/c28-22-9-14-31-18-6-2-1-5-17(18)27(22)15-23(29)25-10-12-26(13-11-25)24(30)21-16-32-19-7-3-4-8-20(19)33-21/h1-8,21H,9-16H2. The molecule has 2 aromatic rings. The number of carbonyl (C=O) groups is 3. The van der Waals surface area contributed by atoms with Crippen LogP contribution in [-0.2, 0) is 14.4 Å². The van der Waals surface area contributed by atoms with Gasteiger partial charge in [0, 0.05) is 26.2 Å². The van der Waals surface area contributed by atoms with Crippen molar-refractivity contribution in [3.8, 4) is 17.2 Å². The van der Waals surface area contributed by atoms with Crippen molar-refractivity contribution in [1.82, 2.24) is 9.80 Å². The summed E-state index contributed by atoms with van der Waals surface area (Å²) in [4.78, 5) is 43.4. The van der Waals surface area contributed by atoms with E-state index >= 15 is 0 Å². The van der Waals surface area contributed by atoms with Crippen LogP contribution >= 0.6 is 0 Å². The van der Waals surface area contributed by atoms with E-state index in [-0.39, 0.29) is 37.3 Å². The topological polar surface area (TPSA) is 88.6 Å². The third-order valence-electron chi connectivity index (χ3n) is 6.05. The molecule has 172 valence electrons. The average molecular weight is 451 g/mol. The Morgan fingerprint density at radius 3 is 2.30 bits per heavy atom. The van der Waals surface area contributed by atoms with E-state index < -0.39 is 6.10 Å². The highest BCUT2D eigenvalue weighted by Gasteiger charge is 2.34. The minimum absolute atomic E-state index is 0.0521. The lowest BCUT2D eigenvalue weighted by Crippen LogP contribution is -2.56. The number of rotatable bonds is 3. The Hall–Kier alpha value is -3.75. The van der Waals surface area contributed by atoms with Crippen molar-refractivity contribution in [3.05, 3.63) is 48.5 Å². The van der Waals surface area contributed by atoms with Crippen molar-refractivity contribution in [3.63, 3.8) is 0 Å². The molecular formula is C24H25N3O6. The zero-order chi connectivity index (χ0) is 22.8. The lowest BCUT2D eigenvalue weighted by Gasteiger charge is -2.37. The molecule has 33 heavy (non-hydrogen) atoms. The SMILES string of the molecule is O=C(CN1C(=O)CCOc2ccccc21)N1CCN(C(=O)C2COc3ccccc3O2)CC1. The first-order chi connectivity index (χ1) is 16.1. The van der Waals surface area contributed by atoms with Crippen LogP contribution in [-0.4, -0.2) is 79.6 Å². The van der Waals surface area contributed by atoms with Gasteiger partial charge < -0.3 is 24.0 Å². The highest BCUT2D eigenvalue weighted by molar-refractivity contribution is 6.00. The van der Waals surface area contributed by atoms with Crippen molar-refractivity contribution in [1.29, 1.82) is 0 Å². The van der Waals surface area contributed by atoms with Gasteiger partial charge in [-0.15, -0.1) is 0 Å². The van der Waals surface area contributed by atoms with Crippen molar-refractivity contribution < 1.29 is 28.6 Å². The molecule has 0 N–H and O–H groups in total. The predicted molar refractivity (Wildman–Crippen MR) is 118 cm³/mol. The van der Waals surface area contributed by atoms with Gasteiger partial charge in [-0.1, -0.05) is 24.3 Å². The molecule has 1 fully saturated rings. The van der Waals surface area contributed by atoms with Crippen LogP contribution in [0.2, 0.25) is 0 Å². The molecule has 0 spiro atoms. The number of ether oxygens (including phenoxy) is 3. The second kappa shape index (κ2) is 9.01. The van der Waals surface area contributed by atoms with E-state index in [4.69, 9.17) is 14.2 Å². The summed E-state index contributed by atoms with van der Waals surface area (Å²) in [6, 6.07) is 14.5. The van der Waals surface area contributed by atoms with Crippen molar-refractivity contribution in [2.45, 2.75) is 12.5 Å². The third kappa shape index (κ3) is 4.30. The van der Waals surface area contributed by atoms with E-state index in [2.05, 4.69) is 0 Å². The van der Waals surface area contributed by atoms with Crippen molar-refractivity contribution in [2.24, 2.45) is 0 Å². The van der Waals surface area contributed by atoms with Gasteiger partial charge >= 0.3 is 0 Å². The fourth-order valence-electron chi connectivity index (χ4n) is 4.25. The summed E-state index contributed by atoms with van der Waals surface area (Å²) in [7, 11) is 0. The first-order valence-corrected chi connectivity index (χ1v) is 11.1. The van der Waals surface area contributed by atoms with Gasteiger partial charge in [0.25, 0.3) is 5.91 Å². The van der Waals surface area contributed by atoms with Gasteiger partial charge in [0.2, 0.25) is 17.9 Å².